The highest BCUT2D eigenvalue weighted by molar-refractivity contribution is 5.61. The molecule has 2 heterocycles. The number of hydrogen-bond donors (Lipinski definition) is 2. The first-order valence-electron chi connectivity index (χ1n) is 4.09. The summed E-state index contributed by atoms with van der Waals surface area (Å²) in [6.45, 7) is 1.90. The van der Waals surface area contributed by atoms with Gasteiger partial charge in [0.15, 0.2) is 0 Å². The van der Waals surface area contributed by atoms with Gasteiger partial charge in [-0.15, -0.1) is 0 Å². The van der Waals surface area contributed by atoms with Crippen molar-refractivity contribution >= 4 is 6.01 Å². The molecule has 2 aromatic rings. The summed E-state index contributed by atoms with van der Waals surface area (Å²) in [6.07, 6.45) is 3.76. The second-order valence-corrected chi connectivity index (χ2v) is 2.77. The maximum absolute atomic E-state index is 5.35. The molecular weight excluding hydrogens is 166 g/mol. The van der Waals surface area contributed by atoms with E-state index in [0.717, 1.165) is 17.0 Å². The minimum Gasteiger partial charge on any atom is -0.428 e. The molecule has 0 atom stereocenters. The van der Waals surface area contributed by atoms with E-state index in [0.29, 0.717) is 6.01 Å². The van der Waals surface area contributed by atoms with Crippen LogP contribution in [0.4, 0.5) is 6.01 Å². The van der Waals surface area contributed by atoms with Crippen LogP contribution in [0.2, 0.25) is 0 Å². The Kier molecular flexibility index (Phi) is 1.81. The number of nitrogens with one attached hydrogen (secondary N) is 2. The zero-order valence-corrected chi connectivity index (χ0v) is 7.59. The van der Waals surface area contributed by atoms with Gasteiger partial charge in [0.05, 0.1) is 0 Å². The van der Waals surface area contributed by atoms with Gasteiger partial charge in [-0.1, -0.05) is 0 Å². The first kappa shape index (κ1) is 7.91. The van der Waals surface area contributed by atoms with Gasteiger partial charge >= 0.3 is 0 Å². The lowest BCUT2D eigenvalue weighted by atomic mass is 10.2. The van der Waals surface area contributed by atoms with E-state index in [-0.39, 0.29) is 0 Å². The first-order chi connectivity index (χ1) is 6.31. The van der Waals surface area contributed by atoms with Crippen molar-refractivity contribution in [2.75, 3.05) is 12.4 Å². The smallest absolute Gasteiger partial charge is 0.295 e. The van der Waals surface area contributed by atoms with Gasteiger partial charge in [-0.25, -0.2) is 0 Å². The molecule has 0 fully saturated rings. The predicted molar refractivity (Wildman–Crippen MR) is 50.6 cm³/mol. The second kappa shape index (κ2) is 2.97. The first-order valence-corrected chi connectivity index (χ1v) is 4.09. The third kappa shape index (κ3) is 1.30. The topological polar surface area (TPSA) is 53.9 Å². The summed E-state index contributed by atoms with van der Waals surface area (Å²) in [5.74, 6) is 0.823. The van der Waals surface area contributed by atoms with Crippen molar-refractivity contribution in [3.05, 3.63) is 24.2 Å². The summed E-state index contributed by atoms with van der Waals surface area (Å²) in [4.78, 5) is 7.25. The third-order valence-electron chi connectivity index (χ3n) is 1.88. The van der Waals surface area contributed by atoms with Gasteiger partial charge in [0.2, 0.25) is 0 Å². The number of aromatic nitrogens is 2. The highest BCUT2D eigenvalue weighted by Gasteiger charge is 2.10. The van der Waals surface area contributed by atoms with Crippen molar-refractivity contribution < 1.29 is 4.42 Å². The number of rotatable bonds is 2. The number of hydrogen-bond acceptors (Lipinski definition) is 3. The molecule has 0 radical (unpaired) electrons. The van der Waals surface area contributed by atoms with Crippen molar-refractivity contribution in [3.8, 4) is 11.3 Å². The maximum Gasteiger partial charge on any atom is 0.295 e. The Morgan fingerprint density at radius 3 is 2.92 bits per heavy atom. The summed E-state index contributed by atoms with van der Waals surface area (Å²) < 4.78 is 5.35. The number of aryl methyl sites for hydroxylation is 1. The average molecular weight is 177 g/mol. The molecule has 0 aliphatic carbocycles. The fraction of sp³-hybridized carbons (Fsp3) is 0.222. The quantitative estimate of drug-likeness (QED) is 0.737. The van der Waals surface area contributed by atoms with Crippen molar-refractivity contribution in [3.63, 3.8) is 0 Å². The van der Waals surface area contributed by atoms with Crippen molar-refractivity contribution in [1.82, 2.24) is 9.97 Å². The van der Waals surface area contributed by atoms with Crippen LogP contribution in [0.3, 0.4) is 0 Å². The molecule has 13 heavy (non-hydrogen) atoms. The summed E-state index contributed by atoms with van der Waals surface area (Å²) >= 11 is 0. The van der Waals surface area contributed by atoms with E-state index < -0.39 is 0 Å². The Morgan fingerprint density at radius 2 is 2.38 bits per heavy atom. The fourth-order valence-electron chi connectivity index (χ4n) is 1.24. The largest absolute Gasteiger partial charge is 0.428 e. The molecular formula is C9H11N3O. The van der Waals surface area contributed by atoms with Gasteiger partial charge in [0.25, 0.3) is 6.01 Å². The van der Waals surface area contributed by atoms with E-state index in [1.54, 1.807) is 7.05 Å². The molecule has 68 valence electrons. The Balaban J connectivity index is 2.46. The summed E-state index contributed by atoms with van der Waals surface area (Å²) in [5.41, 5.74) is 1.92. The molecule has 0 bridgehead atoms. The molecule has 0 aliphatic rings. The van der Waals surface area contributed by atoms with Gasteiger partial charge in [-0.2, -0.15) is 4.98 Å². The van der Waals surface area contributed by atoms with Gasteiger partial charge in [0.1, 0.15) is 11.5 Å². The van der Waals surface area contributed by atoms with Crippen LogP contribution in [0, 0.1) is 6.92 Å². The molecule has 4 nitrogen and oxygen atoms in total. The highest BCUT2D eigenvalue weighted by atomic mass is 16.4. The minimum absolute atomic E-state index is 0.550. The van der Waals surface area contributed by atoms with Crippen LogP contribution in [-0.2, 0) is 0 Å². The number of oxazole rings is 1. The zero-order chi connectivity index (χ0) is 9.26. The number of nitrogens with zero attached hydrogens (tertiary/aromatic N) is 1. The lowest BCUT2D eigenvalue weighted by Gasteiger charge is -1.88. The molecule has 0 unspecified atom stereocenters. The molecule has 0 saturated carbocycles. The lowest BCUT2D eigenvalue weighted by molar-refractivity contribution is 0.544. The van der Waals surface area contributed by atoms with E-state index in [1.807, 2.05) is 25.4 Å². The third-order valence-corrected chi connectivity index (χ3v) is 1.88. The van der Waals surface area contributed by atoms with Crippen molar-refractivity contribution in [1.29, 1.82) is 0 Å². The molecule has 4 heteroatoms. The van der Waals surface area contributed by atoms with E-state index in [4.69, 9.17) is 4.42 Å². The Bertz CT molecular complexity index is 389. The van der Waals surface area contributed by atoms with E-state index >= 15 is 0 Å². The molecule has 2 aromatic heterocycles. The van der Waals surface area contributed by atoms with Gasteiger partial charge < -0.3 is 14.7 Å². The minimum atomic E-state index is 0.550. The van der Waals surface area contributed by atoms with Crippen molar-refractivity contribution in [2.24, 2.45) is 0 Å². The summed E-state index contributed by atoms with van der Waals surface area (Å²) in [5, 5.41) is 2.86. The average Bonchev–Trinajstić information content (AvgIpc) is 2.72. The zero-order valence-electron chi connectivity index (χ0n) is 7.59. The summed E-state index contributed by atoms with van der Waals surface area (Å²) in [7, 11) is 1.78. The second-order valence-electron chi connectivity index (χ2n) is 2.77. The molecule has 0 aliphatic heterocycles. The van der Waals surface area contributed by atoms with Gasteiger partial charge in [-0.05, 0) is 13.0 Å². The molecule has 0 aromatic carbocycles. The Labute approximate surface area is 76.0 Å². The van der Waals surface area contributed by atoms with Gasteiger partial charge in [-0.3, -0.25) is 0 Å². The Morgan fingerprint density at radius 1 is 1.54 bits per heavy atom. The molecule has 0 saturated heterocycles. The van der Waals surface area contributed by atoms with E-state index in [2.05, 4.69) is 15.3 Å². The fourth-order valence-corrected chi connectivity index (χ4v) is 1.24. The van der Waals surface area contributed by atoms with Crippen molar-refractivity contribution in [2.45, 2.75) is 6.92 Å². The number of aromatic amines is 1. The van der Waals surface area contributed by atoms with Gasteiger partial charge in [0, 0.05) is 25.0 Å². The monoisotopic (exact) mass is 177 g/mol. The predicted octanol–water partition coefficient (Wildman–Crippen LogP) is 2.02. The highest BCUT2D eigenvalue weighted by Crippen LogP contribution is 2.24. The van der Waals surface area contributed by atoms with E-state index in [9.17, 15) is 0 Å². The van der Waals surface area contributed by atoms with Crippen LogP contribution in [0.25, 0.3) is 11.3 Å². The normalized spacial score (nSPS) is 10.3. The maximum atomic E-state index is 5.35. The number of anilines is 1. The Hall–Kier alpha value is -1.71. The molecule has 0 spiro atoms. The van der Waals surface area contributed by atoms with Crippen LogP contribution in [-0.4, -0.2) is 17.0 Å². The molecule has 0 amide bonds. The standard InChI is InChI=1S/C9H11N3O/c1-6-8(7-3-4-11-5-7)12-9(10-2)13-6/h3-5,11H,1-2H3,(H,10,12). The number of H-pyrrole nitrogens is 1. The van der Waals surface area contributed by atoms with E-state index in [1.165, 1.54) is 0 Å². The SMILES string of the molecule is CNc1nc(-c2cc[nH]c2)c(C)o1. The molecule has 2 rings (SSSR count). The van der Waals surface area contributed by atoms with Crippen LogP contribution >= 0.6 is 0 Å². The van der Waals surface area contributed by atoms with Crippen LogP contribution in [0.15, 0.2) is 22.9 Å². The van der Waals surface area contributed by atoms with Crippen LogP contribution in [0.1, 0.15) is 5.76 Å². The summed E-state index contributed by atoms with van der Waals surface area (Å²) in [6, 6.07) is 2.51. The van der Waals surface area contributed by atoms with Crippen LogP contribution < -0.4 is 5.32 Å². The lowest BCUT2D eigenvalue weighted by Crippen LogP contribution is -1.86. The van der Waals surface area contributed by atoms with Crippen LogP contribution in [0.5, 0.6) is 0 Å². The molecule has 2 N–H and O–H groups in total.